The lowest BCUT2D eigenvalue weighted by atomic mass is 9.70. The predicted molar refractivity (Wildman–Crippen MR) is 88.8 cm³/mol. The van der Waals surface area contributed by atoms with Crippen LogP contribution in [0.4, 0.5) is 10.6 Å². The van der Waals surface area contributed by atoms with Gasteiger partial charge in [0.25, 0.3) is 0 Å². The first-order valence-corrected chi connectivity index (χ1v) is 7.92. The highest BCUT2D eigenvalue weighted by atomic mass is 16.4. The van der Waals surface area contributed by atoms with Crippen molar-refractivity contribution in [3.8, 4) is 0 Å². The van der Waals surface area contributed by atoms with Crippen molar-refractivity contribution >= 4 is 17.8 Å². The van der Waals surface area contributed by atoms with Gasteiger partial charge in [0.1, 0.15) is 5.82 Å². The summed E-state index contributed by atoms with van der Waals surface area (Å²) in [5.74, 6) is 0.457. The van der Waals surface area contributed by atoms with Crippen molar-refractivity contribution in [1.82, 2.24) is 15.1 Å². The molecule has 0 saturated carbocycles. The van der Waals surface area contributed by atoms with Gasteiger partial charge in [0.2, 0.25) is 5.91 Å². The van der Waals surface area contributed by atoms with Crippen LogP contribution in [0.25, 0.3) is 0 Å². The van der Waals surface area contributed by atoms with Crippen molar-refractivity contribution in [3.05, 3.63) is 48.2 Å². The Labute approximate surface area is 139 Å². The summed E-state index contributed by atoms with van der Waals surface area (Å²) in [5.41, 5.74) is 0.729. The summed E-state index contributed by atoms with van der Waals surface area (Å²) in [5, 5.41) is 18.5. The van der Waals surface area contributed by atoms with E-state index >= 15 is 0 Å². The number of rotatable bonds is 4. The van der Waals surface area contributed by atoms with Gasteiger partial charge in [0, 0.05) is 31.0 Å². The van der Waals surface area contributed by atoms with E-state index in [1.54, 1.807) is 12.3 Å². The van der Waals surface area contributed by atoms with Gasteiger partial charge in [-0.05, 0) is 18.4 Å². The Balaban J connectivity index is 1.78. The molecule has 3 N–H and O–H groups in total. The lowest BCUT2D eigenvalue weighted by molar-refractivity contribution is -0.117. The summed E-state index contributed by atoms with van der Waals surface area (Å²) in [7, 11) is 0. The second-order valence-corrected chi connectivity index (χ2v) is 6.11. The lowest BCUT2D eigenvalue weighted by Crippen LogP contribution is -2.46. The van der Waals surface area contributed by atoms with Crippen LogP contribution in [0.3, 0.4) is 0 Å². The molecular weight excluding hydrogens is 308 g/mol. The standard InChI is InChI=1S/C17H20N4O3/c22-15(19-14-6-9-18-20-14)12-17(13-4-2-1-3-5-13)7-10-21(11-8-17)16(23)24/h1-6,9H,7-8,10-12H2,(H,23,24)(H2,18,19,20,22). The van der Waals surface area contributed by atoms with Crippen LogP contribution in [-0.2, 0) is 10.2 Å². The summed E-state index contributed by atoms with van der Waals surface area (Å²) in [4.78, 5) is 25.1. The molecule has 2 heterocycles. The summed E-state index contributed by atoms with van der Waals surface area (Å²) >= 11 is 0. The van der Waals surface area contributed by atoms with Crippen LogP contribution in [0.1, 0.15) is 24.8 Å². The number of aromatic amines is 1. The van der Waals surface area contributed by atoms with Crippen molar-refractivity contribution in [2.24, 2.45) is 0 Å². The minimum Gasteiger partial charge on any atom is -0.465 e. The predicted octanol–water partition coefficient (Wildman–Crippen LogP) is 2.45. The molecule has 0 aliphatic carbocycles. The lowest BCUT2D eigenvalue weighted by Gasteiger charge is -2.41. The third kappa shape index (κ3) is 3.40. The topological polar surface area (TPSA) is 98.3 Å². The maximum atomic E-state index is 12.5. The first-order chi connectivity index (χ1) is 11.6. The van der Waals surface area contributed by atoms with Crippen LogP contribution < -0.4 is 5.32 Å². The van der Waals surface area contributed by atoms with Crippen molar-refractivity contribution < 1.29 is 14.7 Å². The number of benzene rings is 1. The molecule has 7 heteroatoms. The Hall–Kier alpha value is -2.83. The largest absolute Gasteiger partial charge is 0.465 e. The van der Waals surface area contributed by atoms with Gasteiger partial charge in [-0.3, -0.25) is 9.89 Å². The van der Waals surface area contributed by atoms with Gasteiger partial charge in [0.05, 0.1) is 6.20 Å². The van der Waals surface area contributed by atoms with Gasteiger partial charge in [0.15, 0.2) is 0 Å². The summed E-state index contributed by atoms with van der Waals surface area (Å²) in [6, 6.07) is 11.6. The van der Waals surface area contributed by atoms with E-state index in [0.717, 1.165) is 5.56 Å². The quantitative estimate of drug-likeness (QED) is 0.803. The fraction of sp³-hybridized carbons (Fsp3) is 0.353. The SMILES string of the molecule is O=C(CC1(c2ccccc2)CCN(C(=O)O)CC1)Nc1ccn[nH]1. The van der Waals surface area contributed by atoms with E-state index in [-0.39, 0.29) is 11.3 Å². The number of H-pyrrole nitrogens is 1. The molecule has 7 nitrogen and oxygen atoms in total. The fourth-order valence-electron chi connectivity index (χ4n) is 3.31. The Morgan fingerprint density at radius 3 is 2.50 bits per heavy atom. The number of aromatic nitrogens is 2. The van der Waals surface area contributed by atoms with E-state index in [9.17, 15) is 9.59 Å². The van der Waals surface area contributed by atoms with Crippen LogP contribution in [0.5, 0.6) is 0 Å². The Morgan fingerprint density at radius 2 is 1.92 bits per heavy atom. The minimum atomic E-state index is -0.904. The molecule has 1 fully saturated rings. The number of likely N-dealkylation sites (tertiary alicyclic amines) is 1. The summed E-state index contributed by atoms with van der Waals surface area (Å²) in [6.45, 7) is 0.864. The van der Waals surface area contributed by atoms with Gasteiger partial charge in [-0.25, -0.2) is 4.79 Å². The molecule has 0 spiro atoms. The van der Waals surface area contributed by atoms with E-state index in [0.29, 0.717) is 38.2 Å². The van der Waals surface area contributed by atoms with Gasteiger partial charge in [-0.15, -0.1) is 0 Å². The molecule has 0 radical (unpaired) electrons. The van der Waals surface area contributed by atoms with Crippen LogP contribution >= 0.6 is 0 Å². The van der Waals surface area contributed by atoms with E-state index in [1.165, 1.54) is 4.90 Å². The maximum absolute atomic E-state index is 12.5. The number of hydrogen-bond donors (Lipinski definition) is 3. The molecule has 3 rings (SSSR count). The van der Waals surface area contributed by atoms with E-state index in [1.807, 2.05) is 30.3 Å². The Kier molecular flexibility index (Phi) is 4.50. The molecule has 1 aromatic carbocycles. The van der Waals surface area contributed by atoms with Crippen molar-refractivity contribution in [2.45, 2.75) is 24.7 Å². The Morgan fingerprint density at radius 1 is 1.21 bits per heavy atom. The van der Waals surface area contributed by atoms with Crippen molar-refractivity contribution in [3.63, 3.8) is 0 Å². The number of piperidine rings is 1. The highest BCUT2D eigenvalue weighted by molar-refractivity contribution is 5.90. The molecule has 126 valence electrons. The second kappa shape index (κ2) is 6.74. The average molecular weight is 328 g/mol. The molecular formula is C17H20N4O3. The molecule has 2 aromatic rings. The van der Waals surface area contributed by atoms with Crippen LogP contribution in [-0.4, -0.2) is 45.3 Å². The highest BCUT2D eigenvalue weighted by Gasteiger charge is 2.39. The number of nitrogens with zero attached hydrogens (tertiary/aromatic N) is 2. The number of hydrogen-bond acceptors (Lipinski definition) is 3. The normalized spacial score (nSPS) is 16.6. The number of carbonyl (C=O) groups is 2. The molecule has 2 amide bonds. The first-order valence-electron chi connectivity index (χ1n) is 7.92. The Bertz CT molecular complexity index is 692. The number of carbonyl (C=O) groups excluding carboxylic acids is 1. The third-order valence-electron chi connectivity index (χ3n) is 4.65. The zero-order valence-electron chi connectivity index (χ0n) is 13.2. The zero-order chi connectivity index (χ0) is 17.0. The molecule has 1 aliphatic heterocycles. The number of carboxylic acid groups (broad SMARTS) is 1. The zero-order valence-corrected chi connectivity index (χ0v) is 13.2. The van der Waals surface area contributed by atoms with Gasteiger partial charge < -0.3 is 15.3 Å². The smallest absolute Gasteiger partial charge is 0.407 e. The second-order valence-electron chi connectivity index (χ2n) is 6.11. The molecule has 1 aromatic heterocycles. The highest BCUT2D eigenvalue weighted by Crippen LogP contribution is 2.39. The summed E-state index contributed by atoms with van der Waals surface area (Å²) in [6.07, 6.45) is 2.23. The fourth-order valence-corrected chi connectivity index (χ4v) is 3.31. The van der Waals surface area contributed by atoms with Crippen molar-refractivity contribution in [2.75, 3.05) is 18.4 Å². The average Bonchev–Trinajstić information content (AvgIpc) is 3.09. The molecule has 0 atom stereocenters. The molecule has 1 saturated heterocycles. The van der Waals surface area contributed by atoms with Crippen LogP contribution in [0.2, 0.25) is 0 Å². The van der Waals surface area contributed by atoms with E-state index in [2.05, 4.69) is 15.5 Å². The van der Waals surface area contributed by atoms with Crippen LogP contribution in [0, 0.1) is 0 Å². The van der Waals surface area contributed by atoms with Crippen LogP contribution in [0.15, 0.2) is 42.6 Å². The van der Waals surface area contributed by atoms with E-state index < -0.39 is 6.09 Å². The molecule has 24 heavy (non-hydrogen) atoms. The minimum absolute atomic E-state index is 0.105. The van der Waals surface area contributed by atoms with Gasteiger partial charge >= 0.3 is 6.09 Å². The van der Waals surface area contributed by atoms with Gasteiger partial charge in [-0.2, -0.15) is 5.10 Å². The summed E-state index contributed by atoms with van der Waals surface area (Å²) < 4.78 is 0. The van der Waals surface area contributed by atoms with E-state index in [4.69, 9.17) is 5.11 Å². The van der Waals surface area contributed by atoms with Crippen molar-refractivity contribution in [1.29, 1.82) is 0 Å². The molecule has 0 unspecified atom stereocenters. The number of anilines is 1. The number of amides is 2. The monoisotopic (exact) mass is 328 g/mol. The first kappa shape index (κ1) is 16.0. The number of nitrogens with one attached hydrogen (secondary N) is 2. The van der Waals surface area contributed by atoms with Gasteiger partial charge in [-0.1, -0.05) is 30.3 Å². The molecule has 0 bridgehead atoms. The molecule has 1 aliphatic rings. The third-order valence-corrected chi connectivity index (χ3v) is 4.65. The maximum Gasteiger partial charge on any atom is 0.407 e.